The normalized spacial score (nSPS) is 19.9. The molecule has 1 aliphatic heterocycles. The van der Waals surface area contributed by atoms with Gasteiger partial charge in [-0.2, -0.15) is 0 Å². The number of hydrogen-bond acceptors (Lipinski definition) is 3. The Morgan fingerprint density at radius 2 is 1.65 bits per heavy atom. The van der Waals surface area contributed by atoms with E-state index in [1.165, 1.54) is 0 Å². The molecule has 0 aromatic heterocycles. The van der Waals surface area contributed by atoms with E-state index in [1.807, 2.05) is 6.92 Å². The van der Waals surface area contributed by atoms with Crippen molar-refractivity contribution in [3.05, 3.63) is 11.1 Å². The quantitative estimate of drug-likeness (QED) is 0.728. The average molecular weight is 238 g/mol. The lowest BCUT2D eigenvalue weighted by Crippen LogP contribution is -2.51. The fraction of sp³-hybridized carbons (Fsp3) is 0.583. The number of carbonyl (C=O) groups is 3. The van der Waals surface area contributed by atoms with E-state index < -0.39 is 23.8 Å². The second-order valence-electron chi connectivity index (χ2n) is 4.46. The van der Waals surface area contributed by atoms with E-state index in [4.69, 9.17) is 5.73 Å². The number of primary amides is 1. The third kappa shape index (κ3) is 2.09. The van der Waals surface area contributed by atoms with Gasteiger partial charge >= 0.3 is 0 Å². The third-order valence-electron chi connectivity index (χ3n) is 3.39. The van der Waals surface area contributed by atoms with Gasteiger partial charge < -0.3 is 5.73 Å². The largest absolute Gasteiger partial charge is 0.368 e. The molecule has 3 amide bonds. The molecule has 0 aromatic rings. The van der Waals surface area contributed by atoms with Gasteiger partial charge in [0.25, 0.3) is 11.8 Å². The van der Waals surface area contributed by atoms with Crippen molar-refractivity contribution in [2.24, 2.45) is 11.7 Å². The molecule has 0 saturated heterocycles. The van der Waals surface area contributed by atoms with Gasteiger partial charge in [0.05, 0.1) is 0 Å². The van der Waals surface area contributed by atoms with Crippen molar-refractivity contribution in [3.8, 4) is 0 Å². The molecule has 5 heteroatoms. The molecule has 0 spiro atoms. The smallest absolute Gasteiger partial charge is 0.257 e. The van der Waals surface area contributed by atoms with E-state index in [1.54, 1.807) is 20.8 Å². The highest BCUT2D eigenvalue weighted by Gasteiger charge is 2.42. The van der Waals surface area contributed by atoms with Gasteiger partial charge in [-0.25, -0.2) is 0 Å². The van der Waals surface area contributed by atoms with Crippen LogP contribution in [0.25, 0.3) is 0 Å². The highest BCUT2D eigenvalue weighted by molar-refractivity contribution is 6.20. The minimum atomic E-state index is -0.854. The van der Waals surface area contributed by atoms with Crippen molar-refractivity contribution in [1.82, 2.24) is 4.90 Å². The Labute approximate surface area is 101 Å². The summed E-state index contributed by atoms with van der Waals surface area (Å²) in [5.41, 5.74) is 6.09. The van der Waals surface area contributed by atoms with Crippen molar-refractivity contribution < 1.29 is 14.4 Å². The van der Waals surface area contributed by atoms with E-state index in [0.29, 0.717) is 17.6 Å². The first-order valence-electron chi connectivity index (χ1n) is 5.67. The Balaban J connectivity index is 3.12. The Bertz CT molecular complexity index is 388. The Morgan fingerprint density at radius 1 is 1.24 bits per heavy atom. The summed E-state index contributed by atoms with van der Waals surface area (Å²) in [6.45, 7) is 6.87. The van der Waals surface area contributed by atoms with E-state index in [2.05, 4.69) is 0 Å². The van der Waals surface area contributed by atoms with Crippen LogP contribution >= 0.6 is 0 Å². The predicted molar refractivity (Wildman–Crippen MR) is 62.7 cm³/mol. The first-order valence-corrected chi connectivity index (χ1v) is 5.67. The molecule has 0 aliphatic carbocycles. The summed E-state index contributed by atoms with van der Waals surface area (Å²) < 4.78 is 0. The molecule has 0 bridgehead atoms. The predicted octanol–water partition coefficient (Wildman–Crippen LogP) is 0.592. The molecule has 2 unspecified atom stereocenters. The van der Waals surface area contributed by atoms with Gasteiger partial charge in [0.1, 0.15) is 6.04 Å². The molecular formula is C12H18N2O3. The lowest BCUT2D eigenvalue weighted by molar-refractivity contribution is -0.146. The van der Waals surface area contributed by atoms with E-state index in [9.17, 15) is 14.4 Å². The number of carbonyl (C=O) groups excluding carboxylic acids is 3. The summed E-state index contributed by atoms with van der Waals surface area (Å²) in [6, 6.07) is -0.854. The summed E-state index contributed by atoms with van der Waals surface area (Å²) in [7, 11) is 0. The Hall–Kier alpha value is -1.65. The van der Waals surface area contributed by atoms with Crippen LogP contribution in [-0.4, -0.2) is 28.7 Å². The van der Waals surface area contributed by atoms with Crippen molar-refractivity contribution in [2.75, 3.05) is 0 Å². The van der Waals surface area contributed by atoms with E-state index >= 15 is 0 Å². The summed E-state index contributed by atoms with van der Waals surface area (Å²) in [5.74, 6) is -1.59. The molecular weight excluding hydrogens is 220 g/mol. The fourth-order valence-electron chi connectivity index (χ4n) is 1.91. The molecule has 1 heterocycles. The number of hydrogen-bond donors (Lipinski definition) is 1. The molecule has 5 nitrogen and oxygen atoms in total. The molecule has 94 valence electrons. The van der Waals surface area contributed by atoms with Crippen LogP contribution in [0.5, 0.6) is 0 Å². The highest BCUT2D eigenvalue weighted by atomic mass is 16.2. The number of rotatable bonds is 4. The zero-order chi connectivity index (χ0) is 13.3. The Morgan fingerprint density at radius 3 is 1.94 bits per heavy atom. The minimum absolute atomic E-state index is 0.140. The maximum atomic E-state index is 11.9. The van der Waals surface area contributed by atoms with Crippen molar-refractivity contribution >= 4 is 17.7 Å². The van der Waals surface area contributed by atoms with Crippen molar-refractivity contribution in [2.45, 2.75) is 40.2 Å². The zero-order valence-electron chi connectivity index (χ0n) is 10.6. The third-order valence-corrected chi connectivity index (χ3v) is 3.39. The Kier molecular flexibility index (Phi) is 3.70. The van der Waals surface area contributed by atoms with E-state index in [-0.39, 0.29) is 5.92 Å². The first-order chi connectivity index (χ1) is 7.82. The number of amides is 3. The monoisotopic (exact) mass is 238 g/mol. The van der Waals surface area contributed by atoms with Crippen LogP contribution in [0, 0.1) is 5.92 Å². The van der Waals surface area contributed by atoms with Gasteiger partial charge in [0.2, 0.25) is 5.91 Å². The van der Waals surface area contributed by atoms with E-state index in [0.717, 1.165) is 4.90 Å². The molecule has 0 fully saturated rings. The maximum Gasteiger partial charge on any atom is 0.257 e. The molecule has 0 radical (unpaired) electrons. The molecule has 1 aliphatic rings. The summed E-state index contributed by atoms with van der Waals surface area (Å²) in [5, 5.41) is 0. The standard InChI is InChI=1S/C12H18N2O3/c1-5-6(2)9(10(13)15)14-11(16)7(3)8(4)12(14)17/h6,9H,5H2,1-4H3,(H2,13,15). The number of nitrogens with zero attached hydrogens (tertiary/aromatic N) is 1. The second kappa shape index (κ2) is 4.69. The summed E-state index contributed by atoms with van der Waals surface area (Å²) in [6.07, 6.45) is 0.669. The van der Waals surface area contributed by atoms with Gasteiger partial charge in [-0.15, -0.1) is 0 Å². The zero-order valence-corrected chi connectivity index (χ0v) is 10.6. The van der Waals surface area contributed by atoms with Crippen LogP contribution in [0.15, 0.2) is 11.1 Å². The summed E-state index contributed by atoms with van der Waals surface area (Å²) in [4.78, 5) is 36.3. The molecule has 2 N–H and O–H groups in total. The topological polar surface area (TPSA) is 80.5 Å². The van der Waals surface area contributed by atoms with Crippen LogP contribution in [0.3, 0.4) is 0 Å². The van der Waals surface area contributed by atoms with Crippen LogP contribution in [-0.2, 0) is 14.4 Å². The van der Waals surface area contributed by atoms with Gasteiger partial charge in [-0.3, -0.25) is 19.3 Å². The number of imide groups is 1. The molecule has 17 heavy (non-hydrogen) atoms. The minimum Gasteiger partial charge on any atom is -0.368 e. The number of nitrogens with two attached hydrogens (primary N) is 1. The second-order valence-corrected chi connectivity index (χ2v) is 4.46. The maximum absolute atomic E-state index is 11.9. The lowest BCUT2D eigenvalue weighted by Gasteiger charge is -2.28. The molecule has 2 atom stereocenters. The van der Waals surface area contributed by atoms with Crippen molar-refractivity contribution in [1.29, 1.82) is 0 Å². The van der Waals surface area contributed by atoms with Gasteiger partial charge in [-0.1, -0.05) is 20.3 Å². The summed E-state index contributed by atoms with van der Waals surface area (Å²) >= 11 is 0. The van der Waals surface area contributed by atoms with Crippen LogP contribution in [0.2, 0.25) is 0 Å². The van der Waals surface area contributed by atoms with Gasteiger partial charge in [0, 0.05) is 11.1 Å². The molecule has 1 rings (SSSR count). The van der Waals surface area contributed by atoms with Crippen LogP contribution in [0.4, 0.5) is 0 Å². The SMILES string of the molecule is CCC(C)C(C(N)=O)N1C(=O)C(C)=C(C)C1=O. The van der Waals surface area contributed by atoms with Crippen LogP contribution in [0.1, 0.15) is 34.1 Å². The van der Waals surface area contributed by atoms with Crippen molar-refractivity contribution in [3.63, 3.8) is 0 Å². The molecule has 0 saturated carbocycles. The van der Waals surface area contributed by atoms with Crippen LogP contribution < -0.4 is 5.73 Å². The van der Waals surface area contributed by atoms with Gasteiger partial charge in [-0.05, 0) is 19.8 Å². The average Bonchev–Trinajstić information content (AvgIpc) is 2.46. The first kappa shape index (κ1) is 13.4. The molecule has 0 aromatic carbocycles. The lowest BCUT2D eigenvalue weighted by atomic mass is 9.97. The van der Waals surface area contributed by atoms with Gasteiger partial charge in [0.15, 0.2) is 0 Å². The highest BCUT2D eigenvalue weighted by Crippen LogP contribution is 2.26. The fourth-order valence-corrected chi connectivity index (χ4v) is 1.91.